The van der Waals surface area contributed by atoms with Gasteiger partial charge in [0.25, 0.3) is 0 Å². The van der Waals surface area contributed by atoms with Crippen LogP contribution >= 0.6 is 43.2 Å². The van der Waals surface area contributed by atoms with E-state index in [1.807, 2.05) is 18.2 Å². The van der Waals surface area contributed by atoms with Crippen LogP contribution in [0.15, 0.2) is 67.8 Å². The maximum atomic E-state index is 12.9. The molecule has 1 aliphatic heterocycles. The maximum Gasteiger partial charge on any atom is 0.243 e. The molecular formula is C20H19Br2N3O2S2. The van der Waals surface area contributed by atoms with Gasteiger partial charge in [0.1, 0.15) is 0 Å². The van der Waals surface area contributed by atoms with E-state index >= 15 is 0 Å². The number of aromatic nitrogens is 1. The number of rotatable bonds is 5. The molecule has 2 aromatic carbocycles. The first kappa shape index (κ1) is 21.0. The molecule has 0 N–H and O–H groups in total. The Morgan fingerprint density at radius 3 is 2.34 bits per heavy atom. The van der Waals surface area contributed by atoms with Crippen molar-refractivity contribution < 1.29 is 8.42 Å². The van der Waals surface area contributed by atoms with Crippen molar-refractivity contribution in [1.29, 1.82) is 0 Å². The number of hydrogen-bond acceptors (Lipinski definition) is 5. The molecular weight excluding hydrogens is 538 g/mol. The van der Waals surface area contributed by atoms with Crippen LogP contribution in [0.5, 0.6) is 0 Å². The molecule has 0 aliphatic carbocycles. The fourth-order valence-corrected chi connectivity index (χ4v) is 6.62. The molecule has 9 heteroatoms. The van der Waals surface area contributed by atoms with Crippen molar-refractivity contribution in [3.05, 3.63) is 74.1 Å². The first-order chi connectivity index (χ1) is 13.9. The molecule has 1 fully saturated rings. The minimum absolute atomic E-state index is 0.325. The van der Waals surface area contributed by atoms with Gasteiger partial charge in [-0.15, -0.1) is 11.3 Å². The molecule has 4 rings (SSSR count). The van der Waals surface area contributed by atoms with Crippen molar-refractivity contribution in [2.75, 3.05) is 31.1 Å². The molecule has 2 heterocycles. The summed E-state index contributed by atoms with van der Waals surface area (Å²) in [6, 6.07) is 15.1. The summed E-state index contributed by atoms with van der Waals surface area (Å²) in [7, 11) is -3.47. The number of hydrogen-bond donors (Lipinski definition) is 0. The van der Waals surface area contributed by atoms with Gasteiger partial charge in [-0.25, -0.2) is 13.4 Å². The van der Waals surface area contributed by atoms with Gasteiger partial charge in [-0.3, -0.25) is 0 Å². The second-order valence-electron chi connectivity index (χ2n) is 6.78. The van der Waals surface area contributed by atoms with Crippen LogP contribution in [-0.2, 0) is 16.4 Å². The summed E-state index contributed by atoms with van der Waals surface area (Å²) in [6.45, 7) is 2.18. The fraction of sp³-hybridized carbons (Fsp3) is 0.250. The number of anilines is 1. The SMILES string of the molecule is O=S(=O)(c1cccc(Br)c1)N1CCN(c2nc(Cc3cccc(Br)c3)cs2)CC1. The number of nitrogens with zero attached hydrogens (tertiary/aromatic N) is 3. The predicted molar refractivity (Wildman–Crippen MR) is 124 cm³/mol. The van der Waals surface area contributed by atoms with Gasteiger partial charge in [0, 0.05) is 46.9 Å². The van der Waals surface area contributed by atoms with E-state index < -0.39 is 10.0 Å². The maximum absolute atomic E-state index is 12.9. The number of piperazine rings is 1. The Morgan fingerprint density at radius 1 is 0.966 bits per heavy atom. The molecule has 3 aromatic rings. The Balaban J connectivity index is 1.40. The van der Waals surface area contributed by atoms with Crippen molar-refractivity contribution in [3.8, 4) is 0 Å². The molecule has 0 saturated carbocycles. The molecule has 1 saturated heterocycles. The van der Waals surface area contributed by atoms with Gasteiger partial charge in [0.2, 0.25) is 10.0 Å². The molecule has 0 unspecified atom stereocenters. The molecule has 29 heavy (non-hydrogen) atoms. The molecule has 0 amide bonds. The second-order valence-corrected chi connectivity index (χ2v) is 11.4. The van der Waals surface area contributed by atoms with Crippen LogP contribution < -0.4 is 4.90 Å². The highest BCUT2D eigenvalue weighted by Gasteiger charge is 2.29. The third kappa shape index (κ3) is 4.91. The Morgan fingerprint density at radius 2 is 1.66 bits per heavy atom. The van der Waals surface area contributed by atoms with Gasteiger partial charge in [-0.05, 0) is 35.9 Å². The quantitative estimate of drug-likeness (QED) is 0.454. The van der Waals surface area contributed by atoms with Crippen LogP contribution in [0.2, 0.25) is 0 Å². The largest absolute Gasteiger partial charge is 0.345 e. The zero-order valence-electron chi connectivity index (χ0n) is 15.5. The highest BCUT2D eigenvalue weighted by molar-refractivity contribution is 9.10. The predicted octanol–water partition coefficient (Wildman–Crippen LogP) is 4.77. The van der Waals surface area contributed by atoms with Crippen molar-refractivity contribution >= 4 is 58.4 Å². The van der Waals surface area contributed by atoms with Crippen molar-refractivity contribution in [3.63, 3.8) is 0 Å². The second kappa shape index (κ2) is 8.85. The highest BCUT2D eigenvalue weighted by atomic mass is 79.9. The van der Waals surface area contributed by atoms with Gasteiger partial charge in [0.05, 0.1) is 10.6 Å². The van der Waals surface area contributed by atoms with E-state index in [0.717, 1.165) is 26.2 Å². The van der Waals surface area contributed by atoms with E-state index in [1.54, 1.807) is 33.8 Å². The number of benzene rings is 2. The minimum Gasteiger partial charge on any atom is -0.345 e. The van der Waals surface area contributed by atoms with E-state index in [0.29, 0.717) is 31.1 Å². The third-order valence-corrected chi connectivity index (χ3v) is 8.59. The molecule has 1 aliphatic rings. The Kier molecular flexibility index (Phi) is 6.41. The van der Waals surface area contributed by atoms with Crippen LogP contribution in [0.1, 0.15) is 11.3 Å². The first-order valence-corrected chi connectivity index (χ1v) is 13.0. The Labute approximate surface area is 191 Å². The summed E-state index contributed by atoms with van der Waals surface area (Å²) in [5, 5.41) is 3.04. The molecule has 152 valence electrons. The Hall–Kier alpha value is -1.26. The van der Waals surface area contributed by atoms with Gasteiger partial charge in [-0.2, -0.15) is 4.31 Å². The topological polar surface area (TPSA) is 53.5 Å². The first-order valence-electron chi connectivity index (χ1n) is 9.11. The lowest BCUT2D eigenvalue weighted by Crippen LogP contribution is -2.48. The fourth-order valence-electron chi connectivity index (χ4n) is 3.28. The monoisotopic (exact) mass is 555 g/mol. The van der Waals surface area contributed by atoms with E-state index in [9.17, 15) is 8.42 Å². The van der Waals surface area contributed by atoms with Crippen LogP contribution in [-0.4, -0.2) is 43.9 Å². The number of halogens is 2. The lowest BCUT2D eigenvalue weighted by Gasteiger charge is -2.33. The van der Waals surface area contributed by atoms with E-state index in [2.05, 4.69) is 54.3 Å². The van der Waals surface area contributed by atoms with Crippen molar-refractivity contribution in [1.82, 2.24) is 9.29 Å². The molecule has 0 atom stereocenters. The van der Waals surface area contributed by atoms with Gasteiger partial charge in [-0.1, -0.05) is 50.1 Å². The summed E-state index contributed by atoms with van der Waals surface area (Å²) >= 11 is 8.47. The molecule has 0 radical (unpaired) electrons. The van der Waals surface area contributed by atoms with Crippen LogP contribution in [0.4, 0.5) is 5.13 Å². The normalized spacial score (nSPS) is 15.6. The zero-order valence-corrected chi connectivity index (χ0v) is 20.3. The van der Waals surface area contributed by atoms with Crippen molar-refractivity contribution in [2.24, 2.45) is 0 Å². The number of thiazole rings is 1. The third-order valence-electron chi connectivity index (χ3n) is 4.76. The van der Waals surface area contributed by atoms with E-state index in [4.69, 9.17) is 4.98 Å². The summed E-state index contributed by atoms with van der Waals surface area (Å²) in [5.41, 5.74) is 2.24. The zero-order chi connectivity index (χ0) is 20.4. The summed E-state index contributed by atoms with van der Waals surface area (Å²) in [6.07, 6.45) is 0.785. The van der Waals surface area contributed by atoms with Crippen LogP contribution in [0.3, 0.4) is 0 Å². The highest BCUT2D eigenvalue weighted by Crippen LogP contribution is 2.26. The summed E-state index contributed by atoms with van der Waals surface area (Å²) in [4.78, 5) is 7.26. The average Bonchev–Trinajstić information content (AvgIpc) is 3.16. The van der Waals surface area contributed by atoms with Gasteiger partial charge < -0.3 is 4.90 Å². The smallest absolute Gasteiger partial charge is 0.243 e. The standard InChI is InChI=1S/C20H19Br2N3O2S2/c21-16-4-1-3-15(11-16)12-18-14-28-20(23-18)24-7-9-25(10-8-24)29(26,27)19-6-2-5-17(22)13-19/h1-6,11,13-14H,7-10,12H2. The minimum atomic E-state index is -3.47. The Bertz CT molecular complexity index is 1110. The summed E-state index contributed by atoms with van der Waals surface area (Å²) < 4.78 is 29.2. The average molecular weight is 557 g/mol. The van der Waals surface area contributed by atoms with Crippen molar-refractivity contribution in [2.45, 2.75) is 11.3 Å². The summed E-state index contributed by atoms with van der Waals surface area (Å²) in [5.74, 6) is 0. The number of sulfonamides is 1. The molecule has 0 spiro atoms. The van der Waals surface area contributed by atoms with Gasteiger partial charge in [0.15, 0.2) is 5.13 Å². The lowest BCUT2D eigenvalue weighted by molar-refractivity contribution is 0.384. The molecule has 0 bridgehead atoms. The van der Waals surface area contributed by atoms with Crippen LogP contribution in [0.25, 0.3) is 0 Å². The molecule has 1 aromatic heterocycles. The van der Waals surface area contributed by atoms with E-state index in [1.165, 1.54) is 5.56 Å². The van der Waals surface area contributed by atoms with Gasteiger partial charge >= 0.3 is 0 Å². The van der Waals surface area contributed by atoms with E-state index in [-0.39, 0.29) is 0 Å². The lowest BCUT2D eigenvalue weighted by atomic mass is 10.1. The molecule has 5 nitrogen and oxygen atoms in total. The van der Waals surface area contributed by atoms with Crippen LogP contribution in [0, 0.1) is 0 Å².